The minimum atomic E-state index is -0.401. The SMILES string of the molecule is O=C1CC(O)CN1C1CC2CCC1C2. The van der Waals surface area contributed by atoms with Crippen molar-refractivity contribution in [2.24, 2.45) is 11.8 Å². The molecule has 0 aromatic carbocycles. The highest BCUT2D eigenvalue weighted by Gasteiger charge is 2.45. The van der Waals surface area contributed by atoms with E-state index in [0.29, 0.717) is 19.0 Å². The highest BCUT2D eigenvalue weighted by molar-refractivity contribution is 5.79. The highest BCUT2D eigenvalue weighted by atomic mass is 16.3. The Hall–Kier alpha value is -0.570. The topological polar surface area (TPSA) is 40.5 Å². The van der Waals surface area contributed by atoms with Crippen molar-refractivity contribution in [1.82, 2.24) is 4.90 Å². The van der Waals surface area contributed by atoms with Crippen LogP contribution in [0.15, 0.2) is 0 Å². The Morgan fingerprint density at radius 3 is 2.64 bits per heavy atom. The molecule has 3 nitrogen and oxygen atoms in total. The quantitative estimate of drug-likeness (QED) is 0.671. The summed E-state index contributed by atoms with van der Waals surface area (Å²) in [7, 11) is 0. The molecule has 0 aromatic heterocycles. The van der Waals surface area contributed by atoms with Crippen LogP contribution in [0, 0.1) is 11.8 Å². The van der Waals surface area contributed by atoms with Crippen LogP contribution in [0.1, 0.15) is 32.1 Å². The number of fused-ring (bicyclic) bond motifs is 2. The average Bonchev–Trinajstić information content (AvgIpc) is 2.79. The van der Waals surface area contributed by atoms with Crippen molar-refractivity contribution < 1.29 is 9.90 Å². The molecule has 3 aliphatic rings. The molecule has 4 atom stereocenters. The first kappa shape index (κ1) is 8.72. The van der Waals surface area contributed by atoms with Crippen LogP contribution in [-0.2, 0) is 4.79 Å². The van der Waals surface area contributed by atoms with Crippen molar-refractivity contribution in [2.45, 2.75) is 44.2 Å². The van der Waals surface area contributed by atoms with Gasteiger partial charge in [-0.2, -0.15) is 0 Å². The predicted octanol–water partition coefficient (Wildman–Crippen LogP) is 0.768. The molecule has 0 radical (unpaired) electrons. The van der Waals surface area contributed by atoms with E-state index in [0.717, 1.165) is 11.8 Å². The summed E-state index contributed by atoms with van der Waals surface area (Å²) >= 11 is 0. The number of carbonyl (C=O) groups excluding carboxylic acids is 1. The molecule has 1 N–H and O–H groups in total. The van der Waals surface area contributed by atoms with Gasteiger partial charge in [-0.05, 0) is 31.1 Å². The number of aliphatic hydroxyl groups is 1. The molecule has 2 bridgehead atoms. The zero-order chi connectivity index (χ0) is 9.71. The Bertz CT molecular complexity index is 266. The number of amides is 1. The summed E-state index contributed by atoms with van der Waals surface area (Å²) in [6.45, 7) is 0.590. The third kappa shape index (κ3) is 1.18. The van der Waals surface area contributed by atoms with Crippen LogP contribution in [0.5, 0.6) is 0 Å². The number of rotatable bonds is 1. The molecule has 4 unspecified atom stereocenters. The van der Waals surface area contributed by atoms with Crippen LogP contribution in [-0.4, -0.2) is 34.6 Å². The molecule has 1 amide bonds. The Balaban J connectivity index is 1.74. The van der Waals surface area contributed by atoms with Crippen molar-refractivity contribution in [1.29, 1.82) is 0 Å². The summed E-state index contributed by atoms with van der Waals surface area (Å²) < 4.78 is 0. The van der Waals surface area contributed by atoms with E-state index in [2.05, 4.69) is 0 Å². The monoisotopic (exact) mass is 195 g/mol. The third-order valence-electron chi connectivity index (χ3n) is 4.24. The van der Waals surface area contributed by atoms with Gasteiger partial charge in [0, 0.05) is 12.6 Å². The first-order valence-electron chi connectivity index (χ1n) is 5.71. The number of hydrogen-bond acceptors (Lipinski definition) is 2. The summed E-state index contributed by atoms with van der Waals surface area (Å²) in [6.07, 6.45) is 5.14. The lowest BCUT2D eigenvalue weighted by molar-refractivity contribution is -0.130. The first-order valence-corrected chi connectivity index (χ1v) is 5.71. The number of hydrogen-bond donors (Lipinski definition) is 1. The van der Waals surface area contributed by atoms with E-state index in [4.69, 9.17) is 0 Å². The normalized spacial score (nSPS) is 46.6. The van der Waals surface area contributed by atoms with Crippen molar-refractivity contribution in [3.63, 3.8) is 0 Å². The maximum absolute atomic E-state index is 11.6. The second-order valence-electron chi connectivity index (χ2n) is 5.15. The van der Waals surface area contributed by atoms with E-state index >= 15 is 0 Å². The van der Waals surface area contributed by atoms with E-state index in [1.807, 2.05) is 4.90 Å². The van der Waals surface area contributed by atoms with Gasteiger partial charge in [0.25, 0.3) is 0 Å². The molecule has 2 aliphatic carbocycles. The van der Waals surface area contributed by atoms with Gasteiger partial charge in [0.2, 0.25) is 5.91 Å². The molecule has 3 fully saturated rings. The van der Waals surface area contributed by atoms with Gasteiger partial charge < -0.3 is 10.0 Å². The second-order valence-corrected chi connectivity index (χ2v) is 5.15. The van der Waals surface area contributed by atoms with Gasteiger partial charge in [-0.3, -0.25) is 4.79 Å². The Labute approximate surface area is 84.1 Å². The number of carbonyl (C=O) groups is 1. The lowest BCUT2D eigenvalue weighted by Crippen LogP contribution is -2.40. The maximum atomic E-state index is 11.6. The molecule has 1 saturated heterocycles. The minimum absolute atomic E-state index is 0.176. The van der Waals surface area contributed by atoms with Crippen LogP contribution in [0.25, 0.3) is 0 Å². The summed E-state index contributed by atoms with van der Waals surface area (Å²) in [5, 5.41) is 9.44. The minimum Gasteiger partial charge on any atom is -0.391 e. The number of nitrogens with zero attached hydrogens (tertiary/aromatic N) is 1. The zero-order valence-corrected chi connectivity index (χ0v) is 8.35. The zero-order valence-electron chi connectivity index (χ0n) is 8.35. The molecule has 2 saturated carbocycles. The molecule has 1 heterocycles. The summed E-state index contributed by atoms with van der Waals surface area (Å²) in [5.41, 5.74) is 0. The first-order chi connectivity index (χ1) is 6.74. The molecule has 0 aromatic rings. The lowest BCUT2D eigenvalue weighted by Gasteiger charge is -2.31. The molecular formula is C11H17NO2. The fourth-order valence-electron chi connectivity index (χ4n) is 3.63. The predicted molar refractivity (Wildman–Crippen MR) is 51.6 cm³/mol. The largest absolute Gasteiger partial charge is 0.391 e. The van der Waals surface area contributed by atoms with E-state index < -0.39 is 6.10 Å². The Morgan fingerprint density at radius 1 is 1.29 bits per heavy atom. The van der Waals surface area contributed by atoms with Crippen molar-refractivity contribution in [2.75, 3.05) is 6.54 Å². The smallest absolute Gasteiger partial charge is 0.225 e. The Kier molecular flexibility index (Phi) is 1.84. The molecule has 14 heavy (non-hydrogen) atoms. The molecule has 3 rings (SSSR count). The third-order valence-corrected chi connectivity index (χ3v) is 4.24. The number of likely N-dealkylation sites (tertiary alicyclic amines) is 1. The van der Waals surface area contributed by atoms with Crippen molar-refractivity contribution >= 4 is 5.91 Å². The standard InChI is InChI=1S/C11H17NO2/c13-9-5-11(14)12(6-9)10-4-7-1-2-8(10)3-7/h7-10,13H,1-6H2. The summed E-state index contributed by atoms with van der Waals surface area (Å²) in [6, 6.07) is 0.471. The van der Waals surface area contributed by atoms with E-state index in [1.165, 1.54) is 25.7 Å². The van der Waals surface area contributed by atoms with Gasteiger partial charge >= 0.3 is 0 Å². The van der Waals surface area contributed by atoms with Crippen LogP contribution in [0.3, 0.4) is 0 Å². The van der Waals surface area contributed by atoms with Gasteiger partial charge in [0.1, 0.15) is 0 Å². The molecule has 78 valence electrons. The lowest BCUT2D eigenvalue weighted by atomic mass is 9.94. The van der Waals surface area contributed by atoms with E-state index in [9.17, 15) is 9.90 Å². The maximum Gasteiger partial charge on any atom is 0.225 e. The Morgan fingerprint density at radius 2 is 2.14 bits per heavy atom. The highest BCUT2D eigenvalue weighted by Crippen LogP contribution is 2.47. The van der Waals surface area contributed by atoms with Gasteiger partial charge in [-0.25, -0.2) is 0 Å². The molecular weight excluding hydrogens is 178 g/mol. The van der Waals surface area contributed by atoms with E-state index in [-0.39, 0.29) is 5.91 Å². The van der Waals surface area contributed by atoms with Gasteiger partial charge in [-0.15, -0.1) is 0 Å². The van der Waals surface area contributed by atoms with Crippen LogP contribution in [0.4, 0.5) is 0 Å². The van der Waals surface area contributed by atoms with Crippen LogP contribution < -0.4 is 0 Å². The van der Waals surface area contributed by atoms with Crippen molar-refractivity contribution in [3.8, 4) is 0 Å². The molecule has 1 aliphatic heterocycles. The summed E-state index contributed by atoms with van der Waals surface area (Å²) in [4.78, 5) is 13.6. The summed E-state index contributed by atoms with van der Waals surface area (Å²) in [5.74, 6) is 1.79. The average molecular weight is 195 g/mol. The number of β-amino-alcohol motifs (C(OH)–C–C–N with tert-alkyl or cyclic N) is 1. The second kappa shape index (κ2) is 2.96. The fourth-order valence-corrected chi connectivity index (χ4v) is 3.63. The van der Waals surface area contributed by atoms with Gasteiger partial charge in [0.05, 0.1) is 12.5 Å². The molecule has 0 spiro atoms. The van der Waals surface area contributed by atoms with Crippen LogP contribution >= 0.6 is 0 Å². The van der Waals surface area contributed by atoms with E-state index in [1.54, 1.807) is 0 Å². The van der Waals surface area contributed by atoms with Gasteiger partial charge in [0.15, 0.2) is 0 Å². The fraction of sp³-hybridized carbons (Fsp3) is 0.909. The van der Waals surface area contributed by atoms with Crippen molar-refractivity contribution in [3.05, 3.63) is 0 Å². The number of aliphatic hydroxyl groups excluding tert-OH is 1. The molecule has 3 heteroatoms. The van der Waals surface area contributed by atoms with Crippen LogP contribution in [0.2, 0.25) is 0 Å². The van der Waals surface area contributed by atoms with Gasteiger partial charge in [-0.1, -0.05) is 6.42 Å².